The molecule has 114 valence electrons. The molecule has 3 aromatic rings. The Bertz CT molecular complexity index is 857. The molecule has 0 fully saturated rings. The number of hydrogen-bond donors (Lipinski definition) is 0. The lowest BCUT2D eigenvalue weighted by molar-refractivity contribution is 0.710. The second-order valence-electron chi connectivity index (χ2n) is 6.02. The van der Waals surface area contributed by atoms with Gasteiger partial charge in [-0.3, -0.25) is 4.98 Å². The molecule has 0 N–H and O–H groups in total. The Labute approximate surface area is 137 Å². The third-order valence-corrected chi connectivity index (χ3v) is 4.42. The van der Waals surface area contributed by atoms with E-state index in [1.165, 1.54) is 16.5 Å². The average molecular weight is 300 g/mol. The summed E-state index contributed by atoms with van der Waals surface area (Å²) in [5, 5.41) is 10.1. The maximum Gasteiger partial charge on any atom is 0.0991 e. The van der Waals surface area contributed by atoms with Crippen molar-refractivity contribution in [1.29, 1.82) is 5.26 Å². The highest BCUT2D eigenvalue weighted by molar-refractivity contribution is 5.82. The Morgan fingerprint density at radius 1 is 1.09 bits per heavy atom. The Morgan fingerprint density at radius 3 is 2.52 bits per heavy atom. The fourth-order valence-electron chi connectivity index (χ4n) is 2.80. The molecular formula is C21H20N2. The fraction of sp³-hybridized carbons (Fsp3) is 0.238. The number of nitrogens with zero attached hydrogens (tertiary/aromatic N) is 2. The normalized spacial score (nSPS) is 12.0. The van der Waals surface area contributed by atoms with Crippen molar-refractivity contribution in [2.75, 3.05) is 0 Å². The van der Waals surface area contributed by atoms with Gasteiger partial charge < -0.3 is 0 Å². The molecule has 1 atom stereocenters. The minimum atomic E-state index is 0.458. The number of rotatable bonds is 4. The molecule has 0 aliphatic heterocycles. The first kappa shape index (κ1) is 15.2. The van der Waals surface area contributed by atoms with E-state index in [4.69, 9.17) is 10.2 Å². The quantitative estimate of drug-likeness (QED) is 0.663. The molecule has 0 aliphatic carbocycles. The third-order valence-electron chi connectivity index (χ3n) is 4.42. The third kappa shape index (κ3) is 3.24. The summed E-state index contributed by atoms with van der Waals surface area (Å²) in [6.07, 6.45) is 1.94. The molecule has 0 bridgehead atoms. The molecule has 0 saturated heterocycles. The largest absolute Gasteiger partial charge is 0.253 e. The standard InChI is InChI=1S/C21H20N2/c1-3-15(2)21-13-18(19-6-4-5-7-20(19)23-21)12-16-8-10-17(14-22)11-9-16/h4-11,13,15H,3,12H2,1-2H3. The number of para-hydroxylation sites is 1. The van der Waals surface area contributed by atoms with Gasteiger partial charge in [0.1, 0.15) is 0 Å². The Balaban J connectivity index is 2.05. The van der Waals surface area contributed by atoms with Crippen LogP contribution in [0.1, 0.15) is 48.6 Å². The lowest BCUT2D eigenvalue weighted by Gasteiger charge is -2.13. The SMILES string of the molecule is CCC(C)c1cc(Cc2ccc(C#N)cc2)c2ccccc2n1. The van der Waals surface area contributed by atoms with Crippen molar-refractivity contribution in [3.05, 3.63) is 77.0 Å². The zero-order valence-electron chi connectivity index (χ0n) is 13.6. The summed E-state index contributed by atoms with van der Waals surface area (Å²) in [5.74, 6) is 0.458. The maximum absolute atomic E-state index is 8.93. The zero-order valence-corrected chi connectivity index (χ0v) is 13.6. The maximum atomic E-state index is 8.93. The van der Waals surface area contributed by atoms with Gasteiger partial charge in [0.2, 0.25) is 0 Å². The number of nitriles is 1. The summed E-state index contributed by atoms with van der Waals surface area (Å²) in [6, 6.07) is 20.6. The first-order chi connectivity index (χ1) is 11.2. The molecule has 2 heteroatoms. The number of fused-ring (bicyclic) bond motifs is 1. The predicted molar refractivity (Wildman–Crippen MR) is 94.4 cm³/mol. The van der Waals surface area contributed by atoms with Crippen LogP contribution in [0.15, 0.2) is 54.6 Å². The van der Waals surface area contributed by atoms with Crippen LogP contribution < -0.4 is 0 Å². The van der Waals surface area contributed by atoms with E-state index in [9.17, 15) is 0 Å². The Hall–Kier alpha value is -2.66. The van der Waals surface area contributed by atoms with Gasteiger partial charge in [0, 0.05) is 11.1 Å². The lowest BCUT2D eigenvalue weighted by atomic mass is 9.96. The smallest absolute Gasteiger partial charge is 0.0991 e. The second kappa shape index (κ2) is 6.62. The molecule has 0 radical (unpaired) electrons. The van der Waals surface area contributed by atoms with Crippen molar-refractivity contribution in [2.24, 2.45) is 0 Å². The highest BCUT2D eigenvalue weighted by Crippen LogP contribution is 2.26. The first-order valence-electron chi connectivity index (χ1n) is 8.09. The van der Waals surface area contributed by atoms with Gasteiger partial charge in [0.15, 0.2) is 0 Å². The van der Waals surface area contributed by atoms with Crippen LogP contribution in [0.5, 0.6) is 0 Å². The van der Waals surface area contributed by atoms with Gasteiger partial charge in [0.05, 0.1) is 17.1 Å². The van der Waals surface area contributed by atoms with Gasteiger partial charge in [-0.1, -0.05) is 44.2 Å². The van der Waals surface area contributed by atoms with E-state index in [0.717, 1.165) is 24.1 Å². The van der Waals surface area contributed by atoms with Gasteiger partial charge in [-0.05, 0) is 54.2 Å². The topological polar surface area (TPSA) is 36.7 Å². The van der Waals surface area contributed by atoms with Crippen molar-refractivity contribution >= 4 is 10.9 Å². The molecule has 1 heterocycles. The van der Waals surface area contributed by atoms with E-state index in [2.05, 4.69) is 44.2 Å². The van der Waals surface area contributed by atoms with Crippen molar-refractivity contribution in [3.8, 4) is 6.07 Å². The molecular weight excluding hydrogens is 280 g/mol. The molecule has 0 amide bonds. The number of hydrogen-bond acceptors (Lipinski definition) is 2. The highest BCUT2D eigenvalue weighted by Gasteiger charge is 2.10. The van der Waals surface area contributed by atoms with Gasteiger partial charge in [-0.25, -0.2) is 0 Å². The molecule has 23 heavy (non-hydrogen) atoms. The minimum absolute atomic E-state index is 0.458. The van der Waals surface area contributed by atoms with E-state index < -0.39 is 0 Å². The summed E-state index contributed by atoms with van der Waals surface area (Å²) in [7, 11) is 0. The van der Waals surface area contributed by atoms with Crippen molar-refractivity contribution < 1.29 is 0 Å². The summed E-state index contributed by atoms with van der Waals surface area (Å²) in [4.78, 5) is 4.83. The molecule has 0 aliphatic rings. The molecule has 3 rings (SSSR count). The first-order valence-corrected chi connectivity index (χ1v) is 8.09. The van der Waals surface area contributed by atoms with Crippen LogP contribution in [0, 0.1) is 11.3 Å². The Morgan fingerprint density at radius 2 is 1.83 bits per heavy atom. The molecule has 0 saturated carbocycles. The molecule has 1 aromatic heterocycles. The van der Waals surface area contributed by atoms with Crippen LogP contribution in [0.25, 0.3) is 10.9 Å². The summed E-state index contributed by atoms with van der Waals surface area (Å²) in [5.41, 5.74) is 5.45. The van der Waals surface area contributed by atoms with Crippen LogP contribution in [0.3, 0.4) is 0 Å². The monoisotopic (exact) mass is 300 g/mol. The van der Waals surface area contributed by atoms with Crippen LogP contribution in [-0.4, -0.2) is 4.98 Å². The van der Waals surface area contributed by atoms with Gasteiger partial charge in [-0.2, -0.15) is 5.26 Å². The number of benzene rings is 2. The van der Waals surface area contributed by atoms with Crippen LogP contribution in [0.4, 0.5) is 0 Å². The zero-order chi connectivity index (χ0) is 16.2. The minimum Gasteiger partial charge on any atom is -0.253 e. The van der Waals surface area contributed by atoms with Crippen molar-refractivity contribution in [1.82, 2.24) is 4.98 Å². The van der Waals surface area contributed by atoms with E-state index in [1.54, 1.807) is 0 Å². The van der Waals surface area contributed by atoms with Gasteiger partial charge >= 0.3 is 0 Å². The van der Waals surface area contributed by atoms with Crippen molar-refractivity contribution in [2.45, 2.75) is 32.6 Å². The van der Waals surface area contributed by atoms with Crippen LogP contribution in [0.2, 0.25) is 0 Å². The van der Waals surface area contributed by atoms with Gasteiger partial charge in [0.25, 0.3) is 0 Å². The molecule has 2 nitrogen and oxygen atoms in total. The lowest BCUT2D eigenvalue weighted by Crippen LogP contribution is -2.00. The molecule has 1 unspecified atom stereocenters. The van der Waals surface area contributed by atoms with Gasteiger partial charge in [-0.15, -0.1) is 0 Å². The summed E-state index contributed by atoms with van der Waals surface area (Å²) < 4.78 is 0. The van der Waals surface area contributed by atoms with E-state index in [0.29, 0.717) is 11.5 Å². The predicted octanol–water partition coefficient (Wildman–Crippen LogP) is 5.21. The number of pyridine rings is 1. The van der Waals surface area contributed by atoms with Crippen LogP contribution >= 0.6 is 0 Å². The second-order valence-corrected chi connectivity index (χ2v) is 6.02. The van der Waals surface area contributed by atoms with Crippen molar-refractivity contribution in [3.63, 3.8) is 0 Å². The van der Waals surface area contributed by atoms with E-state index in [1.807, 2.05) is 30.3 Å². The van der Waals surface area contributed by atoms with E-state index >= 15 is 0 Å². The summed E-state index contributed by atoms with van der Waals surface area (Å²) >= 11 is 0. The highest BCUT2D eigenvalue weighted by atomic mass is 14.7. The summed E-state index contributed by atoms with van der Waals surface area (Å²) in [6.45, 7) is 4.42. The fourth-order valence-corrected chi connectivity index (χ4v) is 2.80. The van der Waals surface area contributed by atoms with E-state index in [-0.39, 0.29) is 0 Å². The molecule has 0 spiro atoms. The Kier molecular flexibility index (Phi) is 4.39. The number of aromatic nitrogens is 1. The average Bonchev–Trinajstić information content (AvgIpc) is 2.61. The molecule has 2 aromatic carbocycles. The van der Waals surface area contributed by atoms with Crippen LogP contribution in [-0.2, 0) is 6.42 Å².